The lowest BCUT2D eigenvalue weighted by atomic mass is 9.83. The van der Waals surface area contributed by atoms with E-state index >= 15 is 0 Å². The number of aromatic nitrogens is 2. The summed E-state index contributed by atoms with van der Waals surface area (Å²) in [5.41, 5.74) is 1.29. The zero-order chi connectivity index (χ0) is 14.9. The molecule has 2 aromatic rings. The van der Waals surface area contributed by atoms with Crippen LogP contribution in [0.2, 0.25) is 0 Å². The third-order valence-corrected chi connectivity index (χ3v) is 4.25. The highest BCUT2D eigenvalue weighted by molar-refractivity contribution is 5.75. The van der Waals surface area contributed by atoms with Gasteiger partial charge in [0.15, 0.2) is 0 Å². The second-order valence-electron chi connectivity index (χ2n) is 5.85. The van der Waals surface area contributed by atoms with Gasteiger partial charge in [-0.15, -0.1) is 0 Å². The van der Waals surface area contributed by atoms with E-state index in [0.717, 1.165) is 24.0 Å². The van der Waals surface area contributed by atoms with Crippen molar-refractivity contribution in [3.05, 3.63) is 35.7 Å². The molecule has 0 aliphatic heterocycles. The fraction of sp³-hybridized carbons (Fsp3) is 0.438. The highest BCUT2D eigenvalue weighted by atomic mass is 16.5. The van der Waals surface area contributed by atoms with E-state index in [2.05, 4.69) is 10.1 Å². The molecule has 1 aliphatic rings. The lowest BCUT2D eigenvalue weighted by molar-refractivity contribution is -0.148. The van der Waals surface area contributed by atoms with Gasteiger partial charge in [0, 0.05) is 12.0 Å². The summed E-state index contributed by atoms with van der Waals surface area (Å²) in [6.45, 7) is 2.00. The summed E-state index contributed by atoms with van der Waals surface area (Å²) in [5.74, 6) is 0.179. The van der Waals surface area contributed by atoms with Crippen molar-refractivity contribution in [2.75, 3.05) is 0 Å². The second-order valence-corrected chi connectivity index (χ2v) is 5.85. The number of carbonyl (C=O) groups is 1. The van der Waals surface area contributed by atoms with Gasteiger partial charge in [-0.25, -0.2) is 0 Å². The van der Waals surface area contributed by atoms with E-state index in [9.17, 15) is 9.90 Å². The Bertz CT molecular complexity index is 657. The maximum Gasteiger partial charge on any atom is 0.310 e. The van der Waals surface area contributed by atoms with E-state index in [1.54, 1.807) is 0 Å². The Labute approximate surface area is 123 Å². The molecular weight excluding hydrogens is 268 g/mol. The van der Waals surface area contributed by atoms with Crippen molar-refractivity contribution in [1.29, 1.82) is 0 Å². The number of aliphatic carboxylic acids is 1. The minimum atomic E-state index is -0.754. The predicted octanol–water partition coefficient (Wildman–Crippen LogP) is 3.23. The summed E-state index contributed by atoms with van der Waals surface area (Å²) < 4.78 is 5.27. The smallest absolute Gasteiger partial charge is 0.310 e. The number of benzene rings is 1. The van der Waals surface area contributed by atoms with Crippen molar-refractivity contribution in [3.63, 3.8) is 0 Å². The molecule has 1 heterocycles. The zero-order valence-electron chi connectivity index (χ0n) is 12.0. The Morgan fingerprint density at radius 2 is 2.14 bits per heavy atom. The number of nitrogens with zero attached hydrogens (tertiary/aromatic N) is 2. The number of aryl methyl sites for hydroxylation is 1. The first-order valence-corrected chi connectivity index (χ1v) is 7.22. The van der Waals surface area contributed by atoms with E-state index in [4.69, 9.17) is 4.52 Å². The molecule has 5 heteroatoms. The van der Waals surface area contributed by atoms with Crippen LogP contribution in [0.1, 0.15) is 37.1 Å². The van der Waals surface area contributed by atoms with E-state index in [1.807, 2.05) is 31.2 Å². The van der Waals surface area contributed by atoms with E-state index < -0.39 is 11.4 Å². The first-order chi connectivity index (χ1) is 10.1. The maximum absolute atomic E-state index is 11.6. The van der Waals surface area contributed by atoms with Crippen molar-refractivity contribution < 1.29 is 14.4 Å². The Morgan fingerprint density at radius 1 is 1.38 bits per heavy atom. The first kappa shape index (κ1) is 13.8. The average molecular weight is 286 g/mol. The van der Waals surface area contributed by atoms with Gasteiger partial charge in [-0.2, -0.15) is 4.98 Å². The minimum Gasteiger partial charge on any atom is -0.481 e. The molecule has 0 amide bonds. The monoisotopic (exact) mass is 286 g/mol. The number of rotatable bonds is 4. The van der Waals surface area contributed by atoms with Crippen LogP contribution >= 0.6 is 0 Å². The number of hydrogen-bond donors (Lipinski definition) is 1. The topological polar surface area (TPSA) is 76.2 Å². The highest BCUT2D eigenvalue weighted by Gasteiger charge is 2.42. The van der Waals surface area contributed by atoms with Crippen LogP contribution in [-0.2, 0) is 11.2 Å². The van der Waals surface area contributed by atoms with E-state index in [1.165, 1.54) is 0 Å². The van der Waals surface area contributed by atoms with Crippen molar-refractivity contribution in [1.82, 2.24) is 10.1 Å². The van der Waals surface area contributed by atoms with Crippen molar-refractivity contribution in [2.45, 2.75) is 39.0 Å². The molecule has 1 saturated carbocycles. The number of hydrogen-bond acceptors (Lipinski definition) is 4. The van der Waals surface area contributed by atoms with Crippen LogP contribution < -0.4 is 0 Å². The van der Waals surface area contributed by atoms with Crippen LogP contribution in [-0.4, -0.2) is 21.2 Å². The molecule has 0 unspecified atom stereocenters. The summed E-state index contributed by atoms with van der Waals surface area (Å²) in [6.07, 6.45) is 3.59. The van der Waals surface area contributed by atoms with Crippen LogP contribution in [0.5, 0.6) is 0 Å². The fourth-order valence-electron chi connectivity index (χ4n) is 3.04. The fourth-order valence-corrected chi connectivity index (χ4v) is 3.04. The summed E-state index contributed by atoms with van der Waals surface area (Å²) >= 11 is 0. The van der Waals surface area contributed by atoms with Crippen LogP contribution in [0.4, 0.5) is 0 Å². The third-order valence-electron chi connectivity index (χ3n) is 4.25. The standard InChI is InChI=1S/C16H18N2O3/c1-11-5-4-6-12(9-11)14-17-13(21-18-14)10-16(15(19)20)7-2-3-8-16/h4-6,9H,2-3,7-8,10H2,1H3,(H,19,20). The van der Waals surface area contributed by atoms with Gasteiger partial charge in [0.05, 0.1) is 5.41 Å². The Hall–Kier alpha value is -2.17. The molecule has 1 aromatic carbocycles. The van der Waals surface area contributed by atoms with Crippen LogP contribution in [0.25, 0.3) is 11.4 Å². The van der Waals surface area contributed by atoms with Gasteiger partial charge in [0.25, 0.3) is 0 Å². The molecule has 1 aromatic heterocycles. The summed E-state index contributed by atoms with van der Waals surface area (Å²) in [5, 5.41) is 13.5. The zero-order valence-corrected chi connectivity index (χ0v) is 12.0. The first-order valence-electron chi connectivity index (χ1n) is 7.22. The molecule has 1 N–H and O–H groups in total. The number of carboxylic acids is 1. The van der Waals surface area contributed by atoms with Crippen molar-refractivity contribution in [3.8, 4) is 11.4 Å². The van der Waals surface area contributed by atoms with Crippen LogP contribution in [0, 0.1) is 12.3 Å². The Morgan fingerprint density at radius 3 is 2.81 bits per heavy atom. The highest BCUT2D eigenvalue weighted by Crippen LogP contribution is 2.41. The molecular formula is C16H18N2O3. The molecule has 0 bridgehead atoms. The largest absolute Gasteiger partial charge is 0.481 e. The van der Waals surface area contributed by atoms with Gasteiger partial charge < -0.3 is 9.63 Å². The van der Waals surface area contributed by atoms with Gasteiger partial charge in [-0.1, -0.05) is 41.8 Å². The molecule has 21 heavy (non-hydrogen) atoms. The van der Waals surface area contributed by atoms with Crippen molar-refractivity contribution >= 4 is 5.97 Å². The van der Waals surface area contributed by atoms with Gasteiger partial charge >= 0.3 is 5.97 Å². The SMILES string of the molecule is Cc1cccc(-c2noc(CC3(C(=O)O)CCCC3)n2)c1. The molecule has 0 saturated heterocycles. The molecule has 1 fully saturated rings. The molecule has 1 aliphatic carbocycles. The Kier molecular flexibility index (Phi) is 3.49. The van der Waals surface area contributed by atoms with Gasteiger partial charge in [-0.05, 0) is 25.8 Å². The van der Waals surface area contributed by atoms with Gasteiger partial charge in [0.2, 0.25) is 11.7 Å². The van der Waals surface area contributed by atoms with E-state index in [0.29, 0.717) is 31.0 Å². The summed E-state index contributed by atoms with van der Waals surface area (Å²) in [6, 6.07) is 7.85. The molecule has 0 atom stereocenters. The number of carboxylic acid groups (broad SMARTS) is 1. The van der Waals surface area contributed by atoms with E-state index in [-0.39, 0.29) is 0 Å². The third kappa shape index (κ3) is 2.68. The van der Waals surface area contributed by atoms with Crippen LogP contribution in [0.15, 0.2) is 28.8 Å². The molecule has 3 rings (SSSR count). The molecule has 0 spiro atoms. The van der Waals surface area contributed by atoms with Crippen LogP contribution in [0.3, 0.4) is 0 Å². The molecule has 110 valence electrons. The minimum absolute atomic E-state index is 0.321. The predicted molar refractivity (Wildman–Crippen MR) is 76.7 cm³/mol. The lowest BCUT2D eigenvalue weighted by Crippen LogP contribution is -2.30. The quantitative estimate of drug-likeness (QED) is 0.933. The maximum atomic E-state index is 11.6. The summed E-state index contributed by atoms with van der Waals surface area (Å²) in [7, 11) is 0. The molecule has 5 nitrogen and oxygen atoms in total. The van der Waals surface area contributed by atoms with Gasteiger partial charge in [-0.3, -0.25) is 4.79 Å². The van der Waals surface area contributed by atoms with Gasteiger partial charge in [0.1, 0.15) is 0 Å². The Balaban J connectivity index is 1.83. The van der Waals surface area contributed by atoms with Crippen molar-refractivity contribution in [2.24, 2.45) is 5.41 Å². The molecule has 0 radical (unpaired) electrons. The second kappa shape index (κ2) is 5.31. The average Bonchev–Trinajstić information content (AvgIpc) is 3.09. The lowest BCUT2D eigenvalue weighted by Gasteiger charge is -2.21. The summed E-state index contributed by atoms with van der Waals surface area (Å²) in [4.78, 5) is 15.9. The normalized spacial score (nSPS) is 17.0.